The van der Waals surface area contributed by atoms with Gasteiger partial charge in [0.2, 0.25) is 10.0 Å². The molecule has 6 nitrogen and oxygen atoms in total. The number of nitrogens with zero attached hydrogens (tertiary/aromatic N) is 2. The molecule has 0 radical (unpaired) electrons. The molecule has 0 bridgehead atoms. The fourth-order valence-electron chi connectivity index (χ4n) is 10.4. The lowest BCUT2D eigenvalue weighted by Crippen LogP contribution is -2.52. The van der Waals surface area contributed by atoms with Crippen LogP contribution in [0, 0.1) is 46.3 Å². The van der Waals surface area contributed by atoms with Gasteiger partial charge in [0.15, 0.2) is 0 Å². The van der Waals surface area contributed by atoms with Crippen LogP contribution >= 0.6 is 0 Å². The minimum atomic E-state index is -3.57. The summed E-state index contributed by atoms with van der Waals surface area (Å²) in [6.45, 7) is 12.4. The van der Waals surface area contributed by atoms with E-state index in [2.05, 4.69) is 40.7 Å². The predicted molar refractivity (Wildman–Crippen MR) is 175 cm³/mol. The molecule has 240 valence electrons. The molecule has 43 heavy (non-hydrogen) atoms. The summed E-state index contributed by atoms with van der Waals surface area (Å²) < 4.78 is 26.3. The largest absolute Gasteiger partial charge is 0.465 e. The molecular weight excluding hydrogens is 556 g/mol. The Morgan fingerprint density at radius 1 is 0.977 bits per heavy atom. The fourth-order valence-corrected chi connectivity index (χ4v) is 11.3. The standard InChI is InChI=1S/C36H56N2O4S/c1-24(2)9-8-10-25(3)31-17-18-32-30-16-11-26-23-28(19-21-35(26,4)33(30)20-22-36(31,32)5)38(34(39)40)27-12-14-29(15-13-27)43(41,42)37(6)7/h11-15,24-25,28,30-33H,8-10,16-23H2,1-7H3,(H,39,40)/t25-,28?,30+,31-,32+,33+,35+,36-/m1/s1. The molecule has 3 saturated carbocycles. The van der Waals surface area contributed by atoms with Gasteiger partial charge in [-0.1, -0.05) is 65.5 Å². The molecule has 0 aromatic heterocycles. The first-order valence-electron chi connectivity index (χ1n) is 16.9. The number of sulfonamides is 1. The maximum Gasteiger partial charge on any atom is 0.412 e. The summed E-state index contributed by atoms with van der Waals surface area (Å²) in [5.74, 6) is 4.70. The van der Waals surface area contributed by atoms with Crippen LogP contribution in [0.3, 0.4) is 0 Å². The Labute approximate surface area is 261 Å². The lowest BCUT2D eigenvalue weighted by molar-refractivity contribution is -0.0509. The van der Waals surface area contributed by atoms with Crippen molar-refractivity contribution in [1.29, 1.82) is 0 Å². The summed E-state index contributed by atoms with van der Waals surface area (Å²) in [5, 5.41) is 10.3. The van der Waals surface area contributed by atoms with Crippen molar-refractivity contribution in [1.82, 2.24) is 4.31 Å². The monoisotopic (exact) mass is 612 g/mol. The summed E-state index contributed by atoms with van der Waals surface area (Å²) in [6, 6.07) is 6.20. The Morgan fingerprint density at radius 3 is 2.30 bits per heavy atom. The molecule has 3 fully saturated rings. The van der Waals surface area contributed by atoms with Crippen molar-refractivity contribution >= 4 is 21.8 Å². The van der Waals surface area contributed by atoms with Crippen molar-refractivity contribution in [3.05, 3.63) is 35.9 Å². The second kappa shape index (κ2) is 12.2. The first-order chi connectivity index (χ1) is 20.2. The van der Waals surface area contributed by atoms with Gasteiger partial charge in [-0.2, -0.15) is 0 Å². The number of fused-ring (bicyclic) bond motifs is 5. The Kier molecular flexibility index (Phi) is 9.19. The smallest absolute Gasteiger partial charge is 0.412 e. The second-order valence-electron chi connectivity index (χ2n) is 15.6. The highest BCUT2D eigenvalue weighted by molar-refractivity contribution is 7.89. The van der Waals surface area contributed by atoms with E-state index in [0.717, 1.165) is 55.3 Å². The first-order valence-corrected chi connectivity index (χ1v) is 18.4. The molecule has 4 aliphatic rings. The van der Waals surface area contributed by atoms with E-state index in [0.29, 0.717) is 17.0 Å². The number of amides is 1. The molecule has 1 aromatic carbocycles. The zero-order valence-corrected chi connectivity index (χ0v) is 28.5. The van der Waals surface area contributed by atoms with Gasteiger partial charge in [-0.05, 0) is 122 Å². The van der Waals surface area contributed by atoms with E-state index < -0.39 is 16.1 Å². The fraction of sp³-hybridized carbons (Fsp3) is 0.750. The van der Waals surface area contributed by atoms with Crippen LogP contribution in [-0.4, -0.2) is 44.1 Å². The van der Waals surface area contributed by atoms with Gasteiger partial charge in [0.25, 0.3) is 0 Å². The number of benzene rings is 1. The Bertz CT molecular complexity index is 1300. The molecule has 0 saturated heterocycles. The van der Waals surface area contributed by atoms with Gasteiger partial charge >= 0.3 is 6.09 Å². The zero-order chi connectivity index (χ0) is 31.3. The molecule has 1 amide bonds. The van der Waals surface area contributed by atoms with Crippen LogP contribution in [0.25, 0.3) is 0 Å². The Morgan fingerprint density at radius 2 is 1.67 bits per heavy atom. The normalized spacial score (nSPS) is 34.7. The summed E-state index contributed by atoms with van der Waals surface area (Å²) in [5.41, 5.74) is 2.61. The van der Waals surface area contributed by atoms with Gasteiger partial charge in [0, 0.05) is 25.8 Å². The van der Waals surface area contributed by atoms with Crippen molar-refractivity contribution < 1.29 is 18.3 Å². The lowest BCUT2D eigenvalue weighted by atomic mass is 9.46. The van der Waals surface area contributed by atoms with Crippen LogP contribution in [0.1, 0.15) is 105 Å². The van der Waals surface area contributed by atoms with Crippen LogP contribution in [-0.2, 0) is 10.0 Å². The summed E-state index contributed by atoms with van der Waals surface area (Å²) in [4.78, 5) is 14.2. The third kappa shape index (κ3) is 5.82. The van der Waals surface area contributed by atoms with E-state index in [4.69, 9.17) is 0 Å². The van der Waals surface area contributed by atoms with Gasteiger partial charge in [0.05, 0.1) is 4.90 Å². The number of hydrogen-bond acceptors (Lipinski definition) is 3. The van der Waals surface area contributed by atoms with Gasteiger partial charge in [-0.15, -0.1) is 0 Å². The molecule has 1 aromatic rings. The van der Waals surface area contributed by atoms with Crippen LogP contribution < -0.4 is 4.90 Å². The van der Waals surface area contributed by atoms with Gasteiger partial charge < -0.3 is 5.11 Å². The predicted octanol–water partition coefficient (Wildman–Crippen LogP) is 8.83. The molecule has 0 heterocycles. The van der Waals surface area contributed by atoms with Gasteiger partial charge in [-0.25, -0.2) is 17.5 Å². The van der Waals surface area contributed by atoms with Crippen molar-refractivity contribution in [2.75, 3.05) is 19.0 Å². The van der Waals surface area contributed by atoms with Crippen LogP contribution in [0.15, 0.2) is 40.8 Å². The molecule has 0 spiro atoms. The van der Waals surface area contributed by atoms with Crippen LogP contribution in [0.4, 0.5) is 10.5 Å². The number of rotatable bonds is 9. The minimum Gasteiger partial charge on any atom is -0.465 e. The van der Waals surface area contributed by atoms with E-state index in [1.54, 1.807) is 12.1 Å². The van der Waals surface area contributed by atoms with Crippen molar-refractivity contribution in [3.63, 3.8) is 0 Å². The van der Waals surface area contributed by atoms with Crippen molar-refractivity contribution in [3.8, 4) is 0 Å². The number of anilines is 1. The third-order valence-electron chi connectivity index (χ3n) is 12.7. The molecule has 7 heteroatoms. The van der Waals surface area contributed by atoms with Crippen molar-refractivity contribution in [2.45, 2.75) is 116 Å². The lowest BCUT2D eigenvalue weighted by Gasteiger charge is -2.59. The zero-order valence-electron chi connectivity index (χ0n) is 27.7. The number of hydrogen-bond donors (Lipinski definition) is 1. The van der Waals surface area contributed by atoms with E-state index in [1.807, 2.05) is 0 Å². The highest BCUT2D eigenvalue weighted by Crippen LogP contribution is 2.67. The Hall–Kier alpha value is -1.86. The number of carbonyl (C=O) groups is 1. The van der Waals surface area contributed by atoms with Crippen LogP contribution in [0.2, 0.25) is 0 Å². The molecule has 4 aliphatic carbocycles. The van der Waals surface area contributed by atoms with Gasteiger partial charge in [0.1, 0.15) is 0 Å². The minimum absolute atomic E-state index is 0.138. The van der Waals surface area contributed by atoms with E-state index in [1.165, 1.54) is 86.0 Å². The molecule has 5 rings (SSSR count). The topological polar surface area (TPSA) is 77.9 Å². The van der Waals surface area contributed by atoms with E-state index in [-0.39, 0.29) is 16.4 Å². The SMILES string of the molecule is CC(C)CCC[C@@H](C)[C@H]1CC[C@H]2[C@@H]3CC=C4CC(N(C(=O)O)c5ccc(S(=O)(=O)N(C)C)cc5)CC[C@]4(C)[C@H]3CC[C@]12C. The van der Waals surface area contributed by atoms with Crippen LogP contribution in [0.5, 0.6) is 0 Å². The molecular formula is C36H56N2O4S. The van der Waals surface area contributed by atoms with Gasteiger partial charge in [-0.3, -0.25) is 4.90 Å². The highest BCUT2D eigenvalue weighted by Gasteiger charge is 2.59. The summed E-state index contributed by atoms with van der Waals surface area (Å²) in [7, 11) is -0.565. The summed E-state index contributed by atoms with van der Waals surface area (Å²) >= 11 is 0. The number of carboxylic acid groups (broad SMARTS) is 1. The second-order valence-corrected chi connectivity index (χ2v) is 17.8. The number of allylic oxidation sites excluding steroid dienone is 1. The van der Waals surface area contributed by atoms with Crippen molar-refractivity contribution in [2.24, 2.45) is 46.3 Å². The first kappa shape index (κ1) is 32.5. The quantitative estimate of drug-likeness (QED) is 0.283. The molecule has 1 unspecified atom stereocenters. The van der Waals surface area contributed by atoms with E-state index in [9.17, 15) is 18.3 Å². The average molecular weight is 613 g/mol. The third-order valence-corrected chi connectivity index (χ3v) is 14.6. The molecule has 1 N–H and O–H groups in total. The molecule has 0 aliphatic heterocycles. The maximum atomic E-state index is 12.6. The summed E-state index contributed by atoms with van der Waals surface area (Å²) in [6.07, 6.45) is 14.8. The highest BCUT2D eigenvalue weighted by atomic mass is 32.2. The Balaban J connectivity index is 1.32. The average Bonchev–Trinajstić information content (AvgIpc) is 3.30. The maximum absolute atomic E-state index is 12.6. The van der Waals surface area contributed by atoms with E-state index >= 15 is 0 Å². The molecule has 8 atom stereocenters.